The Bertz CT molecular complexity index is 551. The predicted octanol–water partition coefficient (Wildman–Crippen LogP) is 2.50. The number of hydrogen-bond acceptors (Lipinski definition) is 3. The summed E-state index contributed by atoms with van der Waals surface area (Å²) in [6, 6.07) is 6.87. The van der Waals surface area contributed by atoms with Crippen LogP contribution in [0.25, 0.3) is 0 Å². The van der Waals surface area contributed by atoms with Gasteiger partial charge in [0.2, 0.25) is 5.91 Å². The lowest BCUT2D eigenvalue weighted by Gasteiger charge is -2.37. The van der Waals surface area contributed by atoms with Crippen LogP contribution >= 0.6 is 0 Å². The third kappa shape index (κ3) is 4.07. The summed E-state index contributed by atoms with van der Waals surface area (Å²) in [5.41, 5.74) is 0.646. The zero-order chi connectivity index (χ0) is 16.9. The first-order valence-electron chi connectivity index (χ1n) is 9.13. The number of benzene rings is 1. The Labute approximate surface area is 144 Å². The third-order valence-corrected chi connectivity index (χ3v) is 5.51. The fraction of sp³-hybridized carbons (Fsp3) is 0.632. The van der Waals surface area contributed by atoms with Crippen molar-refractivity contribution in [2.45, 2.75) is 26.2 Å². The molecule has 2 aliphatic heterocycles. The van der Waals surface area contributed by atoms with Crippen LogP contribution in [-0.2, 0) is 4.79 Å². The Morgan fingerprint density at radius 1 is 1.21 bits per heavy atom. The van der Waals surface area contributed by atoms with Crippen LogP contribution in [-0.4, -0.2) is 50.1 Å². The van der Waals surface area contributed by atoms with E-state index in [-0.39, 0.29) is 11.7 Å². The normalized spacial score (nSPS) is 20.9. The van der Waals surface area contributed by atoms with E-state index in [2.05, 4.69) is 12.2 Å². The second-order valence-corrected chi connectivity index (χ2v) is 7.09. The number of amides is 1. The van der Waals surface area contributed by atoms with Crippen molar-refractivity contribution in [2.75, 3.05) is 44.2 Å². The molecule has 2 aliphatic rings. The topological polar surface area (TPSA) is 35.6 Å². The van der Waals surface area contributed by atoms with Gasteiger partial charge in [-0.1, -0.05) is 19.1 Å². The van der Waals surface area contributed by atoms with Crippen molar-refractivity contribution < 1.29 is 9.18 Å². The Balaban J connectivity index is 1.49. The number of carbonyl (C=O) groups is 1. The number of para-hydroxylation sites is 1. The van der Waals surface area contributed by atoms with Crippen molar-refractivity contribution in [1.82, 2.24) is 10.2 Å². The van der Waals surface area contributed by atoms with Crippen molar-refractivity contribution in [2.24, 2.45) is 11.8 Å². The molecule has 132 valence electrons. The van der Waals surface area contributed by atoms with Gasteiger partial charge < -0.3 is 15.1 Å². The van der Waals surface area contributed by atoms with Gasteiger partial charge in [-0.2, -0.15) is 0 Å². The summed E-state index contributed by atoms with van der Waals surface area (Å²) in [5, 5.41) is 3.38. The maximum Gasteiger partial charge on any atom is 0.222 e. The van der Waals surface area contributed by atoms with Crippen LogP contribution < -0.4 is 10.2 Å². The summed E-state index contributed by atoms with van der Waals surface area (Å²) in [6.07, 6.45) is 3.00. The average molecular weight is 333 g/mol. The lowest BCUT2D eigenvalue weighted by Crippen LogP contribution is -2.49. The van der Waals surface area contributed by atoms with Gasteiger partial charge in [-0.05, 0) is 49.9 Å². The number of anilines is 1. The van der Waals surface area contributed by atoms with Crippen molar-refractivity contribution in [3.05, 3.63) is 30.1 Å². The number of nitrogens with zero attached hydrogens (tertiary/aromatic N) is 2. The standard InChI is InChI=1S/C19H28FN3O/c1-15(16-6-8-21-9-7-16)14-19(24)23-12-10-22(11-13-23)18-5-3-2-4-17(18)20/h2-5,15-16,21H,6-14H2,1H3. The molecule has 0 spiro atoms. The monoisotopic (exact) mass is 333 g/mol. The van der Waals surface area contributed by atoms with Gasteiger partial charge in [-0.15, -0.1) is 0 Å². The quantitative estimate of drug-likeness (QED) is 0.920. The number of piperazine rings is 1. The van der Waals surface area contributed by atoms with E-state index in [1.165, 1.54) is 18.9 Å². The third-order valence-electron chi connectivity index (χ3n) is 5.51. The predicted molar refractivity (Wildman–Crippen MR) is 94.6 cm³/mol. The Kier molecular flexibility index (Phi) is 5.72. The molecule has 5 heteroatoms. The van der Waals surface area contributed by atoms with Crippen LogP contribution in [0.3, 0.4) is 0 Å². The molecule has 1 amide bonds. The average Bonchev–Trinajstić information content (AvgIpc) is 2.63. The van der Waals surface area contributed by atoms with Gasteiger partial charge >= 0.3 is 0 Å². The Morgan fingerprint density at radius 3 is 2.54 bits per heavy atom. The molecule has 2 fully saturated rings. The maximum atomic E-state index is 13.9. The van der Waals surface area contributed by atoms with E-state index >= 15 is 0 Å². The highest BCUT2D eigenvalue weighted by molar-refractivity contribution is 5.76. The summed E-state index contributed by atoms with van der Waals surface area (Å²) in [4.78, 5) is 16.6. The van der Waals surface area contributed by atoms with Crippen LogP contribution in [0.1, 0.15) is 26.2 Å². The first-order valence-corrected chi connectivity index (χ1v) is 9.13. The lowest BCUT2D eigenvalue weighted by molar-refractivity contribution is -0.132. The van der Waals surface area contributed by atoms with Crippen molar-refractivity contribution >= 4 is 11.6 Å². The van der Waals surface area contributed by atoms with E-state index < -0.39 is 0 Å². The molecule has 1 aromatic carbocycles. The lowest BCUT2D eigenvalue weighted by atomic mass is 9.84. The van der Waals surface area contributed by atoms with E-state index in [0.717, 1.165) is 13.1 Å². The molecule has 0 aromatic heterocycles. The Hall–Kier alpha value is -1.62. The molecule has 2 saturated heterocycles. The second kappa shape index (κ2) is 7.97. The molecule has 4 nitrogen and oxygen atoms in total. The molecule has 2 heterocycles. The molecule has 1 unspecified atom stereocenters. The van der Waals surface area contributed by atoms with Gasteiger partial charge in [0, 0.05) is 32.6 Å². The summed E-state index contributed by atoms with van der Waals surface area (Å²) in [6.45, 7) is 7.14. The summed E-state index contributed by atoms with van der Waals surface area (Å²) < 4.78 is 13.9. The first-order chi connectivity index (χ1) is 11.6. The SMILES string of the molecule is CC(CC(=O)N1CCN(c2ccccc2F)CC1)C1CCNCC1. The largest absolute Gasteiger partial charge is 0.366 e. The highest BCUT2D eigenvalue weighted by atomic mass is 19.1. The van der Waals surface area contributed by atoms with Crippen molar-refractivity contribution in [3.63, 3.8) is 0 Å². The molecular formula is C19H28FN3O. The zero-order valence-corrected chi connectivity index (χ0v) is 14.5. The molecule has 0 radical (unpaired) electrons. The van der Waals surface area contributed by atoms with Gasteiger partial charge in [-0.3, -0.25) is 4.79 Å². The van der Waals surface area contributed by atoms with Crippen LogP contribution in [0.5, 0.6) is 0 Å². The molecule has 1 aromatic rings. The minimum atomic E-state index is -0.184. The fourth-order valence-corrected chi connectivity index (χ4v) is 3.89. The van der Waals surface area contributed by atoms with Crippen LogP contribution in [0.15, 0.2) is 24.3 Å². The van der Waals surface area contributed by atoms with E-state index in [0.29, 0.717) is 50.1 Å². The number of rotatable bonds is 4. The molecule has 0 bridgehead atoms. The molecule has 24 heavy (non-hydrogen) atoms. The minimum absolute atomic E-state index is 0.184. The number of carbonyl (C=O) groups excluding carboxylic acids is 1. The van der Waals surface area contributed by atoms with Gasteiger partial charge in [0.1, 0.15) is 5.82 Å². The van der Waals surface area contributed by atoms with E-state index in [9.17, 15) is 9.18 Å². The first kappa shape index (κ1) is 17.2. The highest BCUT2D eigenvalue weighted by Gasteiger charge is 2.27. The second-order valence-electron chi connectivity index (χ2n) is 7.09. The molecule has 3 rings (SSSR count). The number of hydrogen-bond donors (Lipinski definition) is 1. The van der Waals surface area contributed by atoms with Gasteiger partial charge in [0.05, 0.1) is 5.69 Å². The minimum Gasteiger partial charge on any atom is -0.366 e. The number of halogens is 1. The number of piperidine rings is 1. The van der Waals surface area contributed by atoms with Crippen LogP contribution in [0, 0.1) is 17.7 Å². The van der Waals surface area contributed by atoms with E-state index in [1.807, 2.05) is 21.9 Å². The highest BCUT2D eigenvalue weighted by Crippen LogP contribution is 2.26. The van der Waals surface area contributed by atoms with Gasteiger partial charge in [-0.25, -0.2) is 4.39 Å². The fourth-order valence-electron chi connectivity index (χ4n) is 3.89. The maximum absolute atomic E-state index is 13.9. The molecule has 1 N–H and O–H groups in total. The molecule has 0 saturated carbocycles. The molecule has 1 atom stereocenters. The van der Waals surface area contributed by atoms with Crippen molar-refractivity contribution in [1.29, 1.82) is 0 Å². The Morgan fingerprint density at radius 2 is 1.88 bits per heavy atom. The number of nitrogens with one attached hydrogen (secondary N) is 1. The zero-order valence-electron chi connectivity index (χ0n) is 14.5. The summed E-state index contributed by atoms with van der Waals surface area (Å²) in [5.74, 6) is 1.19. The van der Waals surface area contributed by atoms with Gasteiger partial charge in [0.15, 0.2) is 0 Å². The van der Waals surface area contributed by atoms with E-state index in [1.54, 1.807) is 6.07 Å². The summed E-state index contributed by atoms with van der Waals surface area (Å²) >= 11 is 0. The molecule has 0 aliphatic carbocycles. The van der Waals surface area contributed by atoms with Crippen LogP contribution in [0.4, 0.5) is 10.1 Å². The van der Waals surface area contributed by atoms with E-state index in [4.69, 9.17) is 0 Å². The van der Waals surface area contributed by atoms with Crippen LogP contribution in [0.2, 0.25) is 0 Å². The van der Waals surface area contributed by atoms with Gasteiger partial charge in [0.25, 0.3) is 0 Å². The smallest absolute Gasteiger partial charge is 0.222 e. The summed E-state index contributed by atoms with van der Waals surface area (Å²) in [7, 11) is 0. The molecular weight excluding hydrogens is 305 g/mol. The van der Waals surface area contributed by atoms with Crippen molar-refractivity contribution in [3.8, 4) is 0 Å².